The van der Waals surface area contributed by atoms with Crippen LogP contribution in [0.5, 0.6) is 0 Å². The smallest absolute Gasteiger partial charge is 0.312 e. The fourth-order valence-corrected chi connectivity index (χ4v) is 3.74. The highest BCUT2D eigenvalue weighted by atomic mass is 16.6. The molecule has 3 heterocycles. The lowest BCUT2D eigenvalue weighted by Crippen LogP contribution is -2.40. The molecule has 0 aromatic rings. The standard InChI is InChI=1S/C16H23NO4/c1-4-7-20-15(19)12-11-5-6-16(21-11)9-17(8-10(2)3)14(18)13(12)16/h5-6,10-13H,4,7-9H2,1-3H3/t11-,12?,13-,16+/m0/s1. The van der Waals surface area contributed by atoms with Crippen molar-refractivity contribution < 1.29 is 19.1 Å². The highest BCUT2D eigenvalue weighted by molar-refractivity contribution is 5.91. The molecule has 0 saturated carbocycles. The Bertz CT molecular complexity index is 487. The van der Waals surface area contributed by atoms with Gasteiger partial charge in [0.05, 0.1) is 25.2 Å². The van der Waals surface area contributed by atoms with Crippen LogP contribution < -0.4 is 0 Å². The number of ether oxygens (including phenoxy) is 2. The van der Waals surface area contributed by atoms with E-state index in [0.717, 1.165) is 6.42 Å². The zero-order valence-electron chi connectivity index (χ0n) is 12.9. The second kappa shape index (κ2) is 5.13. The zero-order valence-corrected chi connectivity index (χ0v) is 12.9. The molecule has 0 radical (unpaired) electrons. The summed E-state index contributed by atoms with van der Waals surface area (Å²) in [6.07, 6.45) is 4.37. The van der Waals surface area contributed by atoms with Crippen LogP contribution in [0.2, 0.25) is 0 Å². The van der Waals surface area contributed by atoms with Gasteiger partial charge in [0.15, 0.2) is 0 Å². The highest BCUT2D eigenvalue weighted by Crippen LogP contribution is 2.52. The van der Waals surface area contributed by atoms with Crippen molar-refractivity contribution in [3.05, 3.63) is 12.2 Å². The van der Waals surface area contributed by atoms with Gasteiger partial charge in [-0.15, -0.1) is 0 Å². The van der Waals surface area contributed by atoms with Gasteiger partial charge in [0, 0.05) is 6.54 Å². The highest BCUT2D eigenvalue weighted by Gasteiger charge is 2.67. The van der Waals surface area contributed by atoms with Crippen LogP contribution in [0.3, 0.4) is 0 Å². The Hall–Kier alpha value is -1.36. The van der Waals surface area contributed by atoms with Crippen molar-refractivity contribution in [3.8, 4) is 0 Å². The number of esters is 1. The fraction of sp³-hybridized carbons (Fsp3) is 0.750. The van der Waals surface area contributed by atoms with E-state index in [1.54, 1.807) is 0 Å². The lowest BCUT2D eigenvalue weighted by Gasteiger charge is -2.22. The van der Waals surface area contributed by atoms with E-state index in [1.165, 1.54) is 0 Å². The van der Waals surface area contributed by atoms with Crippen LogP contribution in [0.15, 0.2) is 12.2 Å². The minimum Gasteiger partial charge on any atom is -0.465 e. The Labute approximate surface area is 125 Å². The number of amides is 1. The molecule has 3 aliphatic heterocycles. The molecule has 2 fully saturated rings. The molecule has 2 saturated heterocycles. The predicted octanol–water partition coefficient (Wildman–Crippen LogP) is 1.38. The molecule has 116 valence electrons. The van der Waals surface area contributed by atoms with Crippen molar-refractivity contribution in [1.29, 1.82) is 0 Å². The third kappa shape index (κ3) is 2.18. The first-order valence-corrected chi connectivity index (χ1v) is 7.81. The molecule has 0 aliphatic carbocycles. The number of hydrogen-bond acceptors (Lipinski definition) is 4. The molecule has 21 heavy (non-hydrogen) atoms. The van der Waals surface area contributed by atoms with E-state index in [0.29, 0.717) is 25.6 Å². The molecule has 2 bridgehead atoms. The van der Waals surface area contributed by atoms with Gasteiger partial charge in [0.2, 0.25) is 5.91 Å². The quantitative estimate of drug-likeness (QED) is 0.567. The maximum absolute atomic E-state index is 12.7. The van der Waals surface area contributed by atoms with Crippen LogP contribution in [0, 0.1) is 17.8 Å². The Kier molecular flexibility index (Phi) is 3.56. The Balaban J connectivity index is 1.82. The third-order valence-corrected chi connectivity index (χ3v) is 4.48. The summed E-state index contributed by atoms with van der Waals surface area (Å²) in [4.78, 5) is 26.8. The number of likely N-dealkylation sites (tertiary alicyclic amines) is 1. The van der Waals surface area contributed by atoms with E-state index >= 15 is 0 Å². The summed E-state index contributed by atoms with van der Waals surface area (Å²) in [6.45, 7) is 7.78. The summed E-state index contributed by atoms with van der Waals surface area (Å²) in [7, 11) is 0. The molecular weight excluding hydrogens is 270 g/mol. The fourth-order valence-electron chi connectivity index (χ4n) is 3.74. The van der Waals surface area contributed by atoms with Gasteiger partial charge in [0.1, 0.15) is 11.5 Å². The van der Waals surface area contributed by atoms with Crippen molar-refractivity contribution >= 4 is 11.9 Å². The maximum atomic E-state index is 12.7. The van der Waals surface area contributed by atoms with Gasteiger partial charge in [-0.2, -0.15) is 0 Å². The van der Waals surface area contributed by atoms with Crippen molar-refractivity contribution in [2.24, 2.45) is 17.8 Å². The van der Waals surface area contributed by atoms with Crippen LogP contribution in [-0.4, -0.2) is 48.2 Å². The summed E-state index contributed by atoms with van der Waals surface area (Å²) in [6, 6.07) is 0. The van der Waals surface area contributed by atoms with Gasteiger partial charge < -0.3 is 14.4 Å². The van der Waals surface area contributed by atoms with E-state index in [2.05, 4.69) is 13.8 Å². The molecular formula is C16H23NO4. The summed E-state index contributed by atoms with van der Waals surface area (Å²) in [5, 5.41) is 0. The third-order valence-electron chi connectivity index (χ3n) is 4.48. The van der Waals surface area contributed by atoms with Gasteiger partial charge in [0.25, 0.3) is 0 Å². The van der Waals surface area contributed by atoms with Crippen molar-refractivity contribution in [1.82, 2.24) is 4.90 Å². The first-order valence-electron chi connectivity index (χ1n) is 7.81. The average molecular weight is 293 g/mol. The number of rotatable bonds is 5. The summed E-state index contributed by atoms with van der Waals surface area (Å²) < 4.78 is 11.3. The van der Waals surface area contributed by atoms with Crippen molar-refractivity contribution in [2.45, 2.75) is 38.9 Å². The molecule has 0 aromatic heterocycles. The normalized spacial score (nSPS) is 36.7. The van der Waals surface area contributed by atoms with Gasteiger partial charge >= 0.3 is 5.97 Å². The number of hydrogen-bond donors (Lipinski definition) is 0. The summed E-state index contributed by atoms with van der Waals surface area (Å²) in [5.41, 5.74) is -0.605. The molecule has 1 unspecified atom stereocenters. The molecule has 3 aliphatic rings. The molecule has 1 spiro atoms. The van der Waals surface area contributed by atoms with E-state index in [1.807, 2.05) is 24.0 Å². The van der Waals surface area contributed by atoms with Gasteiger partial charge in [-0.25, -0.2) is 0 Å². The Morgan fingerprint density at radius 1 is 1.57 bits per heavy atom. The van der Waals surface area contributed by atoms with E-state index in [-0.39, 0.29) is 18.0 Å². The van der Waals surface area contributed by atoms with Crippen LogP contribution in [-0.2, 0) is 19.1 Å². The number of carbonyl (C=O) groups is 2. The Morgan fingerprint density at radius 2 is 2.33 bits per heavy atom. The van der Waals surface area contributed by atoms with Gasteiger partial charge in [-0.3, -0.25) is 9.59 Å². The van der Waals surface area contributed by atoms with E-state index < -0.39 is 17.4 Å². The van der Waals surface area contributed by atoms with Crippen molar-refractivity contribution in [3.63, 3.8) is 0 Å². The Morgan fingerprint density at radius 3 is 3.00 bits per heavy atom. The van der Waals surface area contributed by atoms with E-state index in [4.69, 9.17) is 9.47 Å². The molecule has 5 nitrogen and oxygen atoms in total. The first-order chi connectivity index (χ1) is 9.98. The minimum absolute atomic E-state index is 0.0361. The van der Waals surface area contributed by atoms with Crippen LogP contribution in [0.4, 0.5) is 0 Å². The van der Waals surface area contributed by atoms with Crippen LogP contribution in [0.1, 0.15) is 27.2 Å². The minimum atomic E-state index is -0.605. The first kappa shape index (κ1) is 14.6. The number of carbonyl (C=O) groups excluding carboxylic acids is 2. The number of fused-ring (bicyclic) bond motifs is 1. The predicted molar refractivity (Wildman–Crippen MR) is 76.4 cm³/mol. The topological polar surface area (TPSA) is 55.8 Å². The molecule has 4 atom stereocenters. The average Bonchev–Trinajstić information content (AvgIpc) is 3.04. The second-order valence-electron chi connectivity index (χ2n) is 6.68. The van der Waals surface area contributed by atoms with Gasteiger partial charge in [-0.1, -0.05) is 32.9 Å². The lowest BCUT2D eigenvalue weighted by atomic mass is 9.77. The molecule has 5 heteroatoms. The summed E-state index contributed by atoms with van der Waals surface area (Å²) in [5.74, 6) is -0.746. The molecule has 1 amide bonds. The van der Waals surface area contributed by atoms with Crippen LogP contribution in [0.25, 0.3) is 0 Å². The largest absolute Gasteiger partial charge is 0.465 e. The van der Waals surface area contributed by atoms with Crippen LogP contribution >= 0.6 is 0 Å². The van der Waals surface area contributed by atoms with Crippen molar-refractivity contribution in [2.75, 3.05) is 19.7 Å². The molecule has 0 N–H and O–H groups in total. The SMILES string of the molecule is CCCOC(=O)C1[C@@H]2C=C[C@]3(CN(CC(C)C)C(=O)[C@H]13)O2. The monoisotopic (exact) mass is 293 g/mol. The number of nitrogens with zero attached hydrogens (tertiary/aromatic N) is 1. The van der Waals surface area contributed by atoms with E-state index in [9.17, 15) is 9.59 Å². The summed E-state index contributed by atoms with van der Waals surface area (Å²) >= 11 is 0. The van der Waals surface area contributed by atoms with Gasteiger partial charge in [-0.05, 0) is 12.3 Å². The second-order valence-corrected chi connectivity index (χ2v) is 6.68. The zero-order chi connectivity index (χ0) is 15.2. The molecule has 0 aromatic carbocycles. The lowest BCUT2D eigenvalue weighted by molar-refractivity contribution is -0.153. The maximum Gasteiger partial charge on any atom is 0.312 e. The molecule has 3 rings (SSSR count).